The third-order valence-corrected chi connectivity index (χ3v) is 4.70. The van der Waals surface area contributed by atoms with Crippen LogP contribution < -0.4 is 4.74 Å². The Labute approximate surface area is 120 Å². The van der Waals surface area contributed by atoms with E-state index < -0.39 is 6.10 Å². The van der Waals surface area contributed by atoms with E-state index in [2.05, 4.69) is 11.9 Å². The van der Waals surface area contributed by atoms with Crippen molar-refractivity contribution in [2.45, 2.75) is 25.5 Å². The zero-order chi connectivity index (χ0) is 13.7. The van der Waals surface area contributed by atoms with E-state index >= 15 is 0 Å². The number of thioether (sulfide) groups is 1. The molecule has 2 atom stereocenters. The highest BCUT2D eigenvalue weighted by Gasteiger charge is 2.21. The maximum absolute atomic E-state index is 10.1. The van der Waals surface area contributed by atoms with Crippen molar-refractivity contribution in [3.8, 4) is 5.75 Å². The van der Waals surface area contributed by atoms with Gasteiger partial charge in [0.25, 0.3) is 0 Å². The first-order valence-electron chi connectivity index (χ1n) is 6.81. The molecule has 3 nitrogen and oxygen atoms in total. The zero-order valence-corrected chi connectivity index (χ0v) is 12.5. The second kappa shape index (κ2) is 7.17. The first kappa shape index (κ1) is 14.7. The van der Waals surface area contributed by atoms with Crippen LogP contribution in [-0.2, 0) is 0 Å². The number of aliphatic hydroxyl groups is 1. The predicted molar refractivity (Wildman–Crippen MR) is 81.0 cm³/mol. The number of ether oxygens (including phenoxy) is 1. The molecule has 0 amide bonds. The molecule has 1 saturated heterocycles. The second-order valence-corrected chi connectivity index (χ2v) is 6.34. The van der Waals surface area contributed by atoms with Gasteiger partial charge >= 0.3 is 0 Å². The van der Waals surface area contributed by atoms with Gasteiger partial charge < -0.3 is 9.84 Å². The van der Waals surface area contributed by atoms with Crippen molar-refractivity contribution in [1.82, 2.24) is 4.90 Å². The van der Waals surface area contributed by atoms with E-state index in [9.17, 15) is 5.11 Å². The summed E-state index contributed by atoms with van der Waals surface area (Å²) >= 11 is 2.00. The average Bonchev–Trinajstić information content (AvgIpc) is 2.91. The van der Waals surface area contributed by atoms with Gasteiger partial charge in [0.1, 0.15) is 18.5 Å². The molecule has 0 bridgehead atoms. The Kier molecular flexibility index (Phi) is 5.55. The summed E-state index contributed by atoms with van der Waals surface area (Å²) in [6.07, 6.45) is 0.794. The third-order valence-electron chi connectivity index (χ3n) is 3.55. The van der Waals surface area contributed by atoms with Gasteiger partial charge in [0.05, 0.1) is 0 Å². The fourth-order valence-corrected chi connectivity index (χ4v) is 3.61. The molecule has 106 valence electrons. The summed E-state index contributed by atoms with van der Waals surface area (Å²) in [6, 6.07) is 8.52. The molecule has 19 heavy (non-hydrogen) atoms. The van der Waals surface area contributed by atoms with Gasteiger partial charge in [0.15, 0.2) is 0 Å². The number of aliphatic hydroxyl groups excluding tert-OH is 1. The molecule has 1 fully saturated rings. The zero-order valence-electron chi connectivity index (χ0n) is 11.7. The molecule has 1 aromatic carbocycles. The Hall–Kier alpha value is -0.710. The first-order valence-corrected chi connectivity index (χ1v) is 7.97. The van der Waals surface area contributed by atoms with Gasteiger partial charge in [-0.2, -0.15) is 11.8 Å². The van der Waals surface area contributed by atoms with Crippen LogP contribution in [0.2, 0.25) is 0 Å². The summed E-state index contributed by atoms with van der Waals surface area (Å²) in [4.78, 5) is 2.26. The van der Waals surface area contributed by atoms with Crippen LogP contribution in [0.4, 0.5) is 0 Å². The molecule has 1 heterocycles. The highest BCUT2D eigenvalue weighted by molar-refractivity contribution is 7.99. The van der Waals surface area contributed by atoms with Crippen molar-refractivity contribution in [1.29, 1.82) is 0 Å². The summed E-state index contributed by atoms with van der Waals surface area (Å²) in [5.74, 6) is 3.28. The van der Waals surface area contributed by atoms with Gasteiger partial charge in [-0.3, -0.25) is 4.90 Å². The van der Waals surface area contributed by atoms with Crippen LogP contribution in [0.1, 0.15) is 12.0 Å². The number of benzene rings is 1. The summed E-state index contributed by atoms with van der Waals surface area (Å²) in [6.45, 7) is 3.05. The highest BCUT2D eigenvalue weighted by Crippen LogP contribution is 2.21. The van der Waals surface area contributed by atoms with E-state index in [-0.39, 0.29) is 0 Å². The Bertz CT molecular complexity index is 393. The minimum absolute atomic E-state index is 0.356. The number of rotatable bonds is 6. The van der Waals surface area contributed by atoms with Crippen LogP contribution in [0.15, 0.2) is 24.3 Å². The topological polar surface area (TPSA) is 32.7 Å². The molecular formula is C15H23NO2S. The smallest absolute Gasteiger partial charge is 0.122 e. The van der Waals surface area contributed by atoms with E-state index in [1.54, 1.807) is 0 Å². The van der Waals surface area contributed by atoms with Crippen molar-refractivity contribution >= 4 is 11.8 Å². The molecule has 0 aromatic heterocycles. The molecule has 2 unspecified atom stereocenters. The fourth-order valence-electron chi connectivity index (χ4n) is 2.31. The lowest BCUT2D eigenvalue weighted by Gasteiger charge is -2.26. The molecule has 0 saturated carbocycles. The highest BCUT2D eigenvalue weighted by atomic mass is 32.2. The number of hydrogen-bond donors (Lipinski definition) is 1. The van der Waals surface area contributed by atoms with Crippen molar-refractivity contribution in [3.63, 3.8) is 0 Å². The van der Waals surface area contributed by atoms with E-state index in [0.29, 0.717) is 19.2 Å². The van der Waals surface area contributed by atoms with Gasteiger partial charge in [-0.05, 0) is 37.8 Å². The van der Waals surface area contributed by atoms with Crippen LogP contribution in [0.5, 0.6) is 5.75 Å². The predicted octanol–water partition coefficient (Wildman–Crippen LogP) is 2.17. The molecule has 0 aliphatic carbocycles. The molecule has 1 N–H and O–H groups in total. The van der Waals surface area contributed by atoms with Crippen molar-refractivity contribution in [2.75, 3.05) is 31.7 Å². The second-order valence-electron chi connectivity index (χ2n) is 5.19. The van der Waals surface area contributed by atoms with Crippen LogP contribution in [-0.4, -0.2) is 53.9 Å². The lowest BCUT2D eigenvalue weighted by Crippen LogP contribution is -2.39. The van der Waals surface area contributed by atoms with Crippen molar-refractivity contribution in [2.24, 2.45) is 0 Å². The maximum Gasteiger partial charge on any atom is 0.122 e. The number of para-hydroxylation sites is 1. The molecule has 1 aromatic rings. The molecular weight excluding hydrogens is 258 g/mol. The largest absolute Gasteiger partial charge is 0.491 e. The number of likely N-dealkylation sites (N-methyl/N-ethyl adjacent to an activating group) is 1. The van der Waals surface area contributed by atoms with Crippen molar-refractivity contribution in [3.05, 3.63) is 29.8 Å². The molecule has 2 rings (SSSR count). The molecule has 4 heteroatoms. The minimum atomic E-state index is -0.435. The summed E-state index contributed by atoms with van der Waals surface area (Å²) in [5, 5.41) is 10.1. The van der Waals surface area contributed by atoms with E-state index in [1.165, 1.54) is 17.9 Å². The Morgan fingerprint density at radius 3 is 2.95 bits per heavy atom. The first-order chi connectivity index (χ1) is 9.16. The monoisotopic (exact) mass is 281 g/mol. The third kappa shape index (κ3) is 4.41. The fraction of sp³-hybridized carbons (Fsp3) is 0.600. The standard InChI is InChI=1S/C15H23NO2S/c1-12-5-3-4-6-15(12)18-10-14(17)9-16(2)13-7-8-19-11-13/h3-6,13-14,17H,7-11H2,1-2H3. The van der Waals surface area contributed by atoms with Gasteiger partial charge in [0, 0.05) is 18.3 Å². The maximum atomic E-state index is 10.1. The van der Waals surface area contributed by atoms with Gasteiger partial charge in [-0.15, -0.1) is 0 Å². The lowest BCUT2D eigenvalue weighted by atomic mass is 10.2. The SMILES string of the molecule is Cc1ccccc1OCC(O)CN(C)C1CCSC1. The number of hydrogen-bond acceptors (Lipinski definition) is 4. The Morgan fingerprint density at radius 2 is 2.26 bits per heavy atom. The Balaban J connectivity index is 1.75. The van der Waals surface area contributed by atoms with E-state index in [4.69, 9.17) is 4.74 Å². The number of nitrogens with zero attached hydrogens (tertiary/aromatic N) is 1. The molecule has 0 spiro atoms. The van der Waals surface area contributed by atoms with Gasteiger partial charge in [-0.1, -0.05) is 18.2 Å². The summed E-state index contributed by atoms with van der Waals surface area (Å²) in [7, 11) is 2.09. The summed E-state index contributed by atoms with van der Waals surface area (Å²) in [5.41, 5.74) is 1.11. The van der Waals surface area contributed by atoms with E-state index in [0.717, 1.165) is 11.3 Å². The molecule has 1 aliphatic heterocycles. The normalized spacial score (nSPS) is 20.7. The number of aryl methyl sites for hydroxylation is 1. The van der Waals surface area contributed by atoms with Crippen LogP contribution in [0.3, 0.4) is 0 Å². The lowest BCUT2D eigenvalue weighted by molar-refractivity contribution is 0.0662. The van der Waals surface area contributed by atoms with E-state index in [1.807, 2.05) is 43.0 Å². The van der Waals surface area contributed by atoms with Crippen LogP contribution in [0.25, 0.3) is 0 Å². The Morgan fingerprint density at radius 1 is 1.47 bits per heavy atom. The average molecular weight is 281 g/mol. The molecule has 1 aliphatic rings. The van der Waals surface area contributed by atoms with Gasteiger partial charge in [-0.25, -0.2) is 0 Å². The summed E-state index contributed by atoms with van der Waals surface area (Å²) < 4.78 is 5.68. The van der Waals surface area contributed by atoms with Crippen molar-refractivity contribution < 1.29 is 9.84 Å². The van der Waals surface area contributed by atoms with Crippen LogP contribution in [0, 0.1) is 6.92 Å². The van der Waals surface area contributed by atoms with Crippen LogP contribution >= 0.6 is 11.8 Å². The molecule has 0 radical (unpaired) electrons. The quantitative estimate of drug-likeness (QED) is 0.866. The van der Waals surface area contributed by atoms with Gasteiger partial charge in [0.2, 0.25) is 0 Å². The minimum Gasteiger partial charge on any atom is -0.491 e.